The molecule has 0 amide bonds. The van der Waals surface area contributed by atoms with Gasteiger partial charge in [-0.15, -0.1) is 0 Å². The average Bonchev–Trinajstić information content (AvgIpc) is 2.76. The zero-order valence-electron chi connectivity index (χ0n) is 13.3. The topological polar surface area (TPSA) is 61.4 Å². The van der Waals surface area contributed by atoms with E-state index in [1.165, 1.54) is 32.1 Å². The predicted molar refractivity (Wildman–Crippen MR) is 85.4 cm³/mol. The Bertz CT molecular complexity index is 295. The summed E-state index contributed by atoms with van der Waals surface area (Å²) >= 11 is 0. The van der Waals surface area contributed by atoms with Crippen molar-refractivity contribution >= 4 is 5.97 Å². The second-order valence-corrected chi connectivity index (χ2v) is 6.93. The van der Waals surface area contributed by atoms with Crippen LogP contribution in [0, 0.1) is 17.8 Å². The zero-order valence-corrected chi connectivity index (χ0v) is 13.3. The van der Waals surface area contributed by atoms with Gasteiger partial charge >= 0.3 is 5.97 Å². The highest BCUT2D eigenvalue weighted by atomic mass is 16.4. The lowest BCUT2D eigenvalue weighted by Gasteiger charge is -2.24. The first-order chi connectivity index (χ1) is 10.3. The molecule has 0 bridgehead atoms. The van der Waals surface area contributed by atoms with Crippen LogP contribution in [0.3, 0.4) is 0 Å². The average molecular weight is 296 g/mol. The van der Waals surface area contributed by atoms with Crippen molar-refractivity contribution in [2.75, 3.05) is 26.2 Å². The van der Waals surface area contributed by atoms with E-state index < -0.39 is 5.97 Å². The van der Waals surface area contributed by atoms with E-state index >= 15 is 0 Å². The molecule has 122 valence electrons. The number of hydrogen-bond donors (Lipinski definition) is 3. The van der Waals surface area contributed by atoms with Gasteiger partial charge in [0.1, 0.15) is 0 Å². The number of rotatable bonds is 7. The minimum absolute atomic E-state index is 0.115. The number of aliphatic carboxylic acids is 1. The second kappa shape index (κ2) is 9.42. The van der Waals surface area contributed by atoms with Crippen molar-refractivity contribution < 1.29 is 9.90 Å². The first-order valence-electron chi connectivity index (χ1n) is 8.90. The first kappa shape index (κ1) is 16.8. The Morgan fingerprint density at radius 1 is 0.905 bits per heavy atom. The Balaban J connectivity index is 1.69. The van der Waals surface area contributed by atoms with Gasteiger partial charge in [0.25, 0.3) is 0 Å². The SMILES string of the molecule is O=C(O)C(CCC1CCCNCC1)CCC1CCNCC1. The molecule has 2 aliphatic heterocycles. The lowest BCUT2D eigenvalue weighted by Crippen LogP contribution is -2.28. The number of carboxylic acids is 1. The fourth-order valence-corrected chi connectivity index (χ4v) is 3.82. The number of carboxylic acid groups (broad SMARTS) is 1. The van der Waals surface area contributed by atoms with Gasteiger partial charge in [-0.3, -0.25) is 4.79 Å². The highest BCUT2D eigenvalue weighted by molar-refractivity contribution is 5.69. The number of nitrogens with one attached hydrogen (secondary N) is 2. The van der Waals surface area contributed by atoms with Gasteiger partial charge in [0, 0.05) is 0 Å². The van der Waals surface area contributed by atoms with Crippen LogP contribution in [0.2, 0.25) is 0 Å². The summed E-state index contributed by atoms with van der Waals surface area (Å²) < 4.78 is 0. The lowest BCUT2D eigenvalue weighted by atomic mass is 9.85. The summed E-state index contributed by atoms with van der Waals surface area (Å²) in [6, 6.07) is 0. The normalized spacial score (nSPS) is 26.2. The van der Waals surface area contributed by atoms with E-state index in [9.17, 15) is 9.90 Å². The van der Waals surface area contributed by atoms with Crippen LogP contribution in [-0.2, 0) is 4.79 Å². The van der Waals surface area contributed by atoms with E-state index in [1.807, 2.05) is 0 Å². The van der Waals surface area contributed by atoms with Crippen LogP contribution in [0.5, 0.6) is 0 Å². The molecule has 21 heavy (non-hydrogen) atoms. The second-order valence-electron chi connectivity index (χ2n) is 6.93. The summed E-state index contributed by atoms with van der Waals surface area (Å²) in [6.45, 7) is 4.46. The Labute approximate surface area is 129 Å². The molecule has 2 atom stereocenters. The van der Waals surface area contributed by atoms with Crippen LogP contribution in [-0.4, -0.2) is 37.3 Å². The van der Waals surface area contributed by atoms with Gasteiger partial charge in [-0.25, -0.2) is 0 Å². The molecule has 2 fully saturated rings. The smallest absolute Gasteiger partial charge is 0.306 e. The highest BCUT2D eigenvalue weighted by Gasteiger charge is 2.22. The molecule has 0 radical (unpaired) electrons. The van der Waals surface area contributed by atoms with Crippen molar-refractivity contribution in [3.8, 4) is 0 Å². The van der Waals surface area contributed by atoms with Crippen LogP contribution in [0.15, 0.2) is 0 Å². The lowest BCUT2D eigenvalue weighted by molar-refractivity contribution is -0.142. The minimum atomic E-state index is -0.573. The molecule has 4 nitrogen and oxygen atoms in total. The highest BCUT2D eigenvalue weighted by Crippen LogP contribution is 2.27. The largest absolute Gasteiger partial charge is 0.481 e. The fraction of sp³-hybridized carbons (Fsp3) is 0.941. The van der Waals surface area contributed by atoms with Crippen molar-refractivity contribution in [2.24, 2.45) is 17.8 Å². The Hall–Kier alpha value is -0.610. The molecule has 2 heterocycles. The monoisotopic (exact) mass is 296 g/mol. The van der Waals surface area contributed by atoms with Crippen LogP contribution in [0.4, 0.5) is 0 Å². The maximum absolute atomic E-state index is 11.5. The quantitative estimate of drug-likeness (QED) is 0.676. The van der Waals surface area contributed by atoms with Gasteiger partial charge in [-0.1, -0.05) is 0 Å². The molecular weight excluding hydrogens is 264 g/mol. The molecule has 2 unspecified atom stereocenters. The molecule has 2 rings (SSSR count). The van der Waals surface area contributed by atoms with E-state index in [2.05, 4.69) is 10.6 Å². The molecule has 4 heteroatoms. The van der Waals surface area contributed by atoms with E-state index in [0.29, 0.717) is 0 Å². The fourth-order valence-electron chi connectivity index (χ4n) is 3.82. The molecule has 0 saturated carbocycles. The molecule has 0 spiro atoms. The van der Waals surface area contributed by atoms with E-state index in [4.69, 9.17) is 0 Å². The van der Waals surface area contributed by atoms with E-state index in [-0.39, 0.29) is 5.92 Å². The Kier molecular flexibility index (Phi) is 7.51. The third kappa shape index (κ3) is 6.35. The summed E-state index contributed by atoms with van der Waals surface area (Å²) in [7, 11) is 0. The standard InChI is InChI=1S/C17H32N2O2/c20-17(21)16(6-4-15-8-12-19-13-9-15)5-3-14-2-1-10-18-11-7-14/h14-16,18-19H,1-13H2,(H,20,21). The number of piperidine rings is 1. The summed E-state index contributed by atoms with van der Waals surface area (Å²) in [5.74, 6) is 0.794. The third-order valence-electron chi connectivity index (χ3n) is 5.35. The van der Waals surface area contributed by atoms with Gasteiger partial charge in [0.2, 0.25) is 0 Å². The summed E-state index contributed by atoms with van der Waals surface area (Å²) in [6.07, 6.45) is 10.2. The van der Waals surface area contributed by atoms with Gasteiger partial charge in [0.15, 0.2) is 0 Å². The maximum Gasteiger partial charge on any atom is 0.306 e. The Morgan fingerprint density at radius 2 is 1.43 bits per heavy atom. The first-order valence-corrected chi connectivity index (χ1v) is 8.90. The van der Waals surface area contributed by atoms with Crippen molar-refractivity contribution in [1.82, 2.24) is 10.6 Å². The Morgan fingerprint density at radius 3 is 2.00 bits per heavy atom. The van der Waals surface area contributed by atoms with Crippen LogP contribution in [0.1, 0.15) is 57.8 Å². The van der Waals surface area contributed by atoms with Crippen LogP contribution < -0.4 is 10.6 Å². The van der Waals surface area contributed by atoms with Crippen molar-refractivity contribution in [3.05, 3.63) is 0 Å². The van der Waals surface area contributed by atoms with Crippen LogP contribution >= 0.6 is 0 Å². The molecule has 0 aliphatic carbocycles. The van der Waals surface area contributed by atoms with Crippen LogP contribution in [0.25, 0.3) is 0 Å². The van der Waals surface area contributed by atoms with Crippen molar-refractivity contribution in [2.45, 2.75) is 57.8 Å². The van der Waals surface area contributed by atoms with Gasteiger partial charge in [0.05, 0.1) is 5.92 Å². The molecule has 0 aromatic rings. The molecule has 0 aromatic carbocycles. The van der Waals surface area contributed by atoms with Crippen molar-refractivity contribution in [3.63, 3.8) is 0 Å². The number of carbonyl (C=O) groups is 1. The summed E-state index contributed by atoms with van der Waals surface area (Å²) in [5.41, 5.74) is 0. The molecule has 2 saturated heterocycles. The molecule has 3 N–H and O–H groups in total. The predicted octanol–water partition coefficient (Wildman–Crippen LogP) is 2.64. The zero-order chi connectivity index (χ0) is 14.9. The van der Waals surface area contributed by atoms with E-state index in [0.717, 1.165) is 63.7 Å². The number of hydrogen-bond acceptors (Lipinski definition) is 3. The maximum atomic E-state index is 11.5. The molecule has 0 aromatic heterocycles. The van der Waals surface area contributed by atoms with Gasteiger partial charge in [-0.05, 0) is 95.8 Å². The molecular formula is C17H32N2O2. The third-order valence-corrected chi connectivity index (χ3v) is 5.35. The van der Waals surface area contributed by atoms with Gasteiger partial charge < -0.3 is 15.7 Å². The van der Waals surface area contributed by atoms with Gasteiger partial charge in [-0.2, -0.15) is 0 Å². The van der Waals surface area contributed by atoms with Crippen molar-refractivity contribution in [1.29, 1.82) is 0 Å². The van der Waals surface area contributed by atoms with E-state index in [1.54, 1.807) is 0 Å². The minimum Gasteiger partial charge on any atom is -0.481 e. The summed E-state index contributed by atoms with van der Waals surface area (Å²) in [4.78, 5) is 11.5. The molecule has 2 aliphatic rings. The summed E-state index contributed by atoms with van der Waals surface area (Å²) in [5, 5.41) is 16.3.